The van der Waals surface area contributed by atoms with Crippen molar-refractivity contribution >= 4 is 5.69 Å². The quantitative estimate of drug-likeness (QED) is 0.639. The van der Waals surface area contributed by atoms with Crippen LogP contribution in [0.2, 0.25) is 0 Å². The van der Waals surface area contributed by atoms with E-state index in [0.717, 1.165) is 24.5 Å². The highest BCUT2D eigenvalue weighted by atomic mass is 19.1. The molecule has 4 rings (SSSR count). The van der Waals surface area contributed by atoms with E-state index in [1.807, 2.05) is 18.2 Å². The fourth-order valence-electron chi connectivity index (χ4n) is 4.71. The van der Waals surface area contributed by atoms with E-state index in [2.05, 4.69) is 15.9 Å². The summed E-state index contributed by atoms with van der Waals surface area (Å²) in [6.45, 7) is 5.21. The largest absolute Gasteiger partial charge is 0.497 e. The Morgan fingerprint density at radius 3 is 2.56 bits per heavy atom. The molecule has 0 aromatic heterocycles. The molecule has 34 heavy (non-hydrogen) atoms. The highest BCUT2D eigenvalue weighted by molar-refractivity contribution is 5.51. The van der Waals surface area contributed by atoms with Gasteiger partial charge in [0, 0.05) is 44.5 Å². The zero-order chi connectivity index (χ0) is 24.2. The van der Waals surface area contributed by atoms with Crippen molar-refractivity contribution in [1.29, 1.82) is 0 Å². The van der Waals surface area contributed by atoms with Crippen molar-refractivity contribution in [3.8, 4) is 11.5 Å². The molecule has 2 heterocycles. The van der Waals surface area contributed by atoms with E-state index in [4.69, 9.17) is 14.2 Å². The number of nitrogens with zero attached hydrogens (tertiary/aromatic N) is 2. The average Bonchev–Trinajstić information content (AvgIpc) is 3.01. The summed E-state index contributed by atoms with van der Waals surface area (Å²) in [4.78, 5) is 4.32. The number of piperidine rings is 1. The number of methoxy groups -OCH3 is 1. The molecule has 186 valence electrons. The van der Waals surface area contributed by atoms with Gasteiger partial charge < -0.3 is 29.3 Å². The monoisotopic (exact) mass is 474 g/mol. The standard InChI is InChI=1S/C26H35FN2O5/c1-20-14-23(6-7-24(20)27)34-19-26(31)17-28(12-13-33-18-26)16-25(30)8-10-29(11-9-25)21-4-3-5-22(15-21)32-2/h3-7,14-15,30-31H,8-13,16-19H2,1-2H3. The molecule has 1 atom stereocenters. The van der Waals surface area contributed by atoms with E-state index in [-0.39, 0.29) is 19.0 Å². The maximum absolute atomic E-state index is 13.5. The number of hydrogen-bond acceptors (Lipinski definition) is 7. The molecular formula is C26H35FN2O5. The van der Waals surface area contributed by atoms with Crippen LogP contribution >= 0.6 is 0 Å². The summed E-state index contributed by atoms with van der Waals surface area (Å²) in [5.74, 6) is 1.03. The van der Waals surface area contributed by atoms with Crippen LogP contribution in [0.15, 0.2) is 42.5 Å². The van der Waals surface area contributed by atoms with Crippen LogP contribution in [-0.2, 0) is 4.74 Å². The number of aliphatic hydroxyl groups is 2. The Kier molecular flexibility index (Phi) is 7.62. The number of halogens is 1. The first-order chi connectivity index (χ1) is 16.3. The molecule has 2 saturated heterocycles. The Labute approximate surface area is 200 Å². The van der Waals surface area contributed by atoms with Crippen LogP contribution in [-0.4, -0.2) is 86.0 Å². The average molecular weight is 475 g/mol. The Morgan fingerprint density at radius 2 is 1.82 bits per heavy atom. The lowest BCUT2D eigenvalue weighted by Crippen LogP contribution is -2.55. The highest BCUT2D eigenvalue weighted by Gasteiger charge is 2.39. The number of benzene rings is 2. The van der Waals surface area contributed by atoms with Crippen LogP contribution in [0, 0.1) is 12.7 Å². The Bertz CT molecular complexity index is 966. The van der Waals surface area contributed by atoms with Crippen molar-refractivity contribution in [3.05, 3.63) is 53.8 Å². The Balaban J connectivity index is 1.33. The number of anilines is 1. The van der Waals surface area contributed by atoms with Gasteiger partial charge in [0.2, 0.25) is 0 Å². The maximum Gasteiger partial charge on any atom is 0.134 e. The zero-order valence-corrected chi connectivity index (χ0v) is 20.0. The van der Waals surface area contributed by atoms with Crippen molar-refractivity contribution in [2.24, 2.45) is 0 Å². The second-order valence-electron chi connectivity index (χ2n) is 9.60. The molecule has 2 aromatic rings. The van der Waals surface area contributed by atoms with Gasteiger partial charge in [-0.05, 0) is 55.7 Å². The lowest BCUT2D eigenvalue weighted by Gasteiger charge is -2.42. The van der Waals surface area contributed by atoms with Gasteiger partial charge in [-0.3, -0.25) is 4.90 Å². The number of hydrogen-bond donors (Lipinski definition) is 2. The van der Waals surface area contributed by atoms with Gasteiger partial charge in [-0.2, -0.15) is 0 Å². The van der Waals surface area contributed by atoms with E-state index < -0.39 is 11.2 Å². The molecule has 0 radical (unpaired) electrons. The first-order valence-electron chi connectivity index (χ1n) is 11.8. The molecule has 0 spiro atoms. The molecule has 2 aliphatic rings. The smallest absolute Gasteiger partial charge is 0.134 e. The number of aryl methyl sites for hydroxylation is 1. The summed E-state index contributed by atoms with van der Waals surface area (Å²) >= 11 is 0. The predicted octanol–water partition coefficient (Wildman–Crippen LogP) is 2.62. The van der Waals surface area contributed by atoms with E-state index in [0.29, 0.717) is 50.4 Å². The lowest BCUT2D eigenvalue weighted by molar-refractivity contribution is -0.0742. The SMILES string of the molecule is COc1cccc(N2CCC(O)(CN3CCOCC(O)(COc4ccc(F)c(C)c4)C3)CC2)c1. The van der Waals surface area contributed by atoms with E-state index in [1.165, 1.54) is 6.07 Å². The number of ether oxygens (including phenoxy) is 3. The van der Waals surface area contributed by atoms with Crippen molar-refractivity contribution in [3.63, 3.8) is 0 Å². The summed E-state index contributed by atoms with van der Waals surface area (Å²) in [6.07, 6.45) is 1.26. The molecule has 0 amide bonds. The van der Waals surface area contributed by atoms with Gasteiger partial charge >= 0.3 is 0 Å². The summed E-state index contributed by atoms with van der Waals surface area (Å²) < 4.78 is 30.3. The molecule has 0 bridgehead atoms. The molecule has 1 unspecified atom stereocenters. The zero-order valence-electron chi connectivity index (χ0n) is 20.0. The molecule has 2 aromatic carbocycles. The maximum atomic E-state index is 13.5. The molecular weight excluding hydrogens is 439 g/mol. The van der Waals surface area contributed by atoms with Gasteiger partial charge in [0.1, 0.15) is 29.5 Å². The third-order valence-electron chi connectivity index (χ3n) is 6.71. The van der Waals surface area contributed by atoms with Crippen LogP contribution < -0.4 is 14.4 Å². The van der Waals surface area contributed by atoms with Gasteiger partial charge in [-0.15, -0.1) is 0 Å². The first-order valence-corrected chi connectivity index (χ1v) is 11.8. The first kappa shape index (κ1) is 24.7. The van der Waals surface area contributed by atoms with Gasteiger partial charge in [0.25, 0.3) is 0 Å². The minimum Gasteiger partial charge on any atom is -0.497 e. The van der Waals surface area contributed by atoms with Gasteiger partial charge in [0.15, 0.2) is 0 Å². The molecule has 0 saturated carbocycles. The van der Waals surface area contributed by atoms with Crippen LogP contribution in [0.5, 0.6) is 11.5 Å². The van der Waals surface area contributed by atoms with E-state index in [9.17, 15) is 14.6 Å². The predicted molar refractivity (Wildman–Crippen MR) is 128 cm³/mol. The summed E-state index contributed by atoms with van der Waals surface area (Å²) in [6, 6.07) is 12.5. The lowest BCUT2D eigenvalue weighted by atomic mass is 9.90. The molecule has 8 heteroatoms. The molecule has 2 N–H and O–H groups in total. The number of β-amino-alcohol motifs (C(OH)–C–C–N with tert-alkyl or cyclic N) is 2. The van der Waals surface area contributed by atoms with Gasteiger partial charge in [-0.1, -0.05) is 6.07 Å². The van der Waals surface area contributed by atoms with Crippen LogP contribution in [0.25, 0.3) is 0 Å². The van der Waals surface area contributed by atoms with E-state index >= 15 is 0 Å². The number of rotatable bonds is 7. The second-order valence-corrected chi connectivity index (χ2v) is 9.60. The van der Waals surface area contributed by atoms with Gasteiger partial charge in [-0.25, -0.2) is 4.39 Å². The minimum absolute atomic E-state index is 0.0244. The fourth-order valence-corrected chi connectivity index (χ4v) is 4.71. The van der Waals surface area contributed by atoms with Crippen LogP contribution in [0.4, 0.5) is 10.1 Å². The Morgan fingerprint density at radius 1 is 1.03 bits per heavy atom. The molecule has 0 aliphatic carbocycles. The molecule has 2 aliphatic heterocycles. The van der Waals surface area contributed by atoms with Crippen LogP contribution in [0.3, 0.4) is 0 Å². The third-order valence-corrected chi connectivity index (χ3v) is 6.71. The topological polar surface area (TPSA) is 74.6 Å². The van der Waals surface area contributed by atoms with Gasteiger partial charge in [0.05, 0.1) is 25.9 Å². The van der Waals surface area contributed by atoms with Crippen molar-refractivity contribution in [2.75, 3.05) is 64.6 Å². The second kappa shape index (κ2) is 10.5. The summed E-state index contributed by atoms with van der Waals surface area (Å²) in [5, 5.41) is 22.5. The van der Waals surface area contributed by atoms with Crippen LogP contribution in [0.1, 0.15) is 18.4 Å². The normalized spacial score (nSPS) is 23.4. The molecule has 7 nitrogen and oxygen atoms in total. The van der Waals surface area contributed by atoms with Crippen molar-refractivity contribution in [2.45, 2.75) is 31.0 Å². The Hall–Kier alpha value is -2.39. The highest BCUT2D eigenvalue weighted by Crippen LogP contribution is 2.30. The summed E-state index contributed by atoms with van der Waals surface area (Å²) in [7, 11) is 1.66. The minimum atomic E-state index is -1.23. The summed E-state index contributed by atoms with van der Waals surface area (Å²) in [5.41, 5.74) is -0.482. The van der Waals surface area contributed by atoms with Crippen molar-refractivity contribution < 1.29 is 28.8 Å². The fraction of sp³-hybridized carbons (Fsp3) is 0.538. The third kappa shape index (κ3) is 6.18. The molecule has 2 fully saturated rings. The van der Waals surface area contributed by atoms with E-state index in [1.54, 1.807) is 26.2 Å². The van der Waals surface area contributed by atoms with Crippen molar-refractivity contribution in [1.82, 2.24) is 4.90 Å².